The molecule has 134 valence electrons. The van der Waals surface area contributed by atoms with E-state index in [-0.39, 0.29) is 24.3 Å². The van der Waals surface area contributed by atoms with Crippen LogP contribution in [0.2, 0.25) is 0 Å². The largest absolute Gasteiger partial charge is 0.375 e. The first-order valence-corrected chi connectivity index (χ1v) is 8.57. The van der Waals surface area contributed by atoms with Crippen LogP contribution in [0, 0.1) is 19.8 Å². The van der Waals surface area contributed by atoms with Crippen LogP contribution in [0.15, 0.2) is 0 Å². The van der Waals surface area contributed by atoms with E-state index in [1.807, 2.05) is 13.8 Å². The maximum Gasteiger partial charge on any atom is 0.248 e. The molecule has 0 unspecified atom stereocenters. The van der Waals surface area contributed by atoms with E-state index in [0.29, 0.717) is 19.6 Å². The lowest BCUT2D eigenvalue weighted by molar-refractivity contribution is -0.138. The van der Waals surface area contributed by atoms with Gasteiger partial charge in [-0.15, -0.1) is 0 Å². The van der Waals surface area contributed by atoms with Gasteiger partial charge in [-0.2, -0.15) is 5.10 Å². The molecule has 0 aliphatic carbocycles. The molecule has 1 aromatic heterocycles. The van der Waals surface area contributed by atoms with Gasteiger partial charge in [0.15, 0.2) is 0 Å². The van der Waals surface area contributed by atoms with E-state index in [2.05, 4.69) is 15.5 Å². The lowest BCUT2D eigenvalue weighted by Crippen LogP contribution is -2.46. The molecule has 7 nitrogen and oxygen atoms in total. The maximum absolute atomic E-state index is 12.3. The number of amides is 2. The van der Waals surface area contributed by atoms with Gasteiger partial charge in [0.05, 0.1) is 11.6 Å². The topological polar surface area (TPSA) is 87.3 Å². The van der Waals surface area contributed by atoms with Gasteiger partial charge in [-0.1, -0.05) is 0 Å². The zero-order chi connectivity index (χ0) is 17.5. The van der Waals surface area contributed by atoms with Gasteiger partial charge < -0.3 is 15.0 Å². The molecule has 0 saturated carbocycles. The Bertz CT molecular complexity index is 551. The summed E-state index contributed by atoms with van der Waals surface area (Å²) in [6, 6.07) is 0. The number of aryl methyl sites for hydroxylation is 2. The number of ether oxygens (including phenoxy) is 1. The smallest absolute Gasteiger partial charge is 0.248 e. The Morgan fingerprint density at radius 3 is 2.88 bits per heavy atom. The number of hydrogen-bond donors (Lipinski definition) is 2. The highest BCUT2D eigenvalue weighted by Crippen LogP contribution is 2.17. The molecule has 0 bridgehead atoms. The second-order valence-corrected chi connectivity index (χ2v) is 6.42. The molecule has 1 saturated heterocycles. The minimum atomic E-state index is -0.114. The summed E-state index contributed by atoms with van der Waals surface area (Å²) in [5, 5.41) is 10.2. The van der Waals surface area contributed by atoms with Crippen LogP contribution in [0.25, 0.3) is 0 Å². The van der Waals surface area contributed by atoms with Crippen molar-refractivity contribution in [2.75, 3.05) is 33.4 Å². The summed E-state index contributed by atoms with van der Waals surface area (Å²) in [5.74, 6) is -0.108. The molecule has 2 N–H and O–H groups in total. The number of carbonyl (C=O) groups excluding carboxylic acids is 2. The molecule has 2 amide bonds. The summed E-state index contributed by atoms with van der Waals surface area (Å²) in [6.45, 7) is 5.94. The van der Waals surface area contributed by atoms with Crippen LogP contribution in [0.4, 0.5) is 0 Å². The number of aromatic nitrogens is 2. The summed E-state index contributed by atoms with van der Waals surface area (Å²) in [7, 11) is 1.51. The van der Waals surface area contributed by atoms with Crippen LogP contribution in [-0.2, 0) is 20.7 Å². The molecule has 2 heterocycles. The molecular formula is C17H28N4O3. The molecule has 24 heavy (non-hydrogen) atoms. The van der Waals surface area contributed by atoms with E-state index in [1.54, 1.807) is 4.90 Å². The van der Waals surface area contributed by atoms with Crippen LogP contribution in [0.3, 0.4) is 0 Å². The highest BCUT2D eigenvalue weighted by Gasteiger charge is 2.27. The fourth-order valence-electron chi connectivity index (χ4n) is 3.20. The van der Waals surface area contributed by atoms with Gasteiger partial charge in [0, 0.05) is 32.4 Å². The first kappa shape index (κ1) is 18.4. The molecular weight excluding hydrogens is 308 g/mol. The Morgan fingerprint density at radius 2 is 2.21 bits per heavy atom. The highest BCUT2D eigenvalue weighted by atomic mass is 16.5. The van der Waals surface area contributed by atoms with Gasteiger partial charge >= 0.3 is 0 Å². The van der Waals surface area contributed by atoms with Crippen molar-refractivity contribution in [2.45, 2.75) is 39.5 Å². The molecule has 0 aromatic carbocycles. The van der Waals surface area contributed by atoms with Crippen molar-refractivity contribution >= 4 is 11.8 Å². The Morgan fingerprint density at radius 1 is 1.42 bits per heavy atom. The Balaban J connectivity index is 1.73. The molecule has 2 rings (SSSR count). The number of hydrogen-bond acceptors (Lipinski definition) is 4. The monoisotopic (exact) mass is 336 g/mol. The second kappa shape index (κ2) is 8.82. The summed E-state index contributed by atoms with van der Waals surface area (Å²) in [6.07, 6.45) is 3.48. The summed E-state index contributed by atoms with van der Waals surface area (Å²) >= 11 is 0. The second-order valence-electron chi connectivity index (χ2n) is 6.42. The predicted molar refractivity (Wildman–Crippen MR) is 90.6 cm³/mol. The van der Waals surface area contributed by atoms with Crippen LogP contribution in [0.1, 0.15) is 36.2 Å². The fourth-order valence-corrected chi connectivity index (χ4v) is 3.20. The van der Waals surface area contributed by atoms with Crippen molar-refractivity contribution in [3.05, 3.63) is 17.0 Å². The van der Waals surface area contributed by atoms with Crippen LogP contribution in [0.5, 0.6) is 0 Å². The first-order valence-electron chi connectivity index (χ1n) is 8.57. The van der Waals surface area contributed by atoms with Gasteiger partial charge in [0.1, 0.15) is 6.61 Å². The molecule has 7 heteroatoms. The van der Waals surface area contributed by atoms with Crippen molar-refractivity contribution in [3.63, 3.8) is 0 Å². The average Bonchev–Trinajstić information content (AvgIpc) is 2.90. The highest BCUT2D eigenvalue weighted by molar-refractivity contribution is 5.81. The van der Waals surface area contributed by atoms with Crippen LogP contribution in [-0.4, -0.2) is 60.3 Å². The fraction of sp³-hybridized carbons (Fsp3) is 0.706. The SMILES string of the molecule is COCC(=O)N1CCC[C@@H](C(=O)NCCCc2c(C)n[nH]c2C)C1. The van der Waals surface area contributed by atoms with E-state index in [0.717, 1.165) is 37.1 Å². The Labute approximate surface area is 143 Å². The van der Waals surface area contributed by atoms with E-state index in [9.17, 15) is 9.59 Å². The standard InChI is InChI=1S/C17H28N4O3/c1-12-15(13(2)20-19-12)7-4-8-18-17(23)14-6-5-9-21(10-14)16(22)11-24-3/h14H,4-11H2,1-3H3,(H,18,23)(H,19,20)/t14-/m1/s1. The number of methoxy groups -OCH3 is 1. The number of piperidine rings is 1. The molecule has 0 spiro atoms. The number of carbonyl (C=O) groups is 2. The first-order chi connectivity index (χ1) is 11.5. The van der Waals surface area contributed by atoms with E-state index in [4.69, 9.17) is 4.74 Å². The number of nitrogens with zero attached hydrogens (tertiary/aromatic N) is 2. The number of nitrogens with one attached hydrogen (secondary N) is 2. The van der Waals surface area contributed by atoms with E-state index in [1.165, 1.54) is 12.7 Å². The molecule has 1 aliphatic heterocycles. The minimum Gasteiger partial charge on any atom is -0.375 e. The quantitative estimate of drug-likeness (QED) is 0.726. The maximum atomic E-state index is 12.3. The lowest BCUT2D eigenvalue weighted by atomic mass is 9.97. The zero-order valence-corrected chi connectivity index (χ0v) is 14.9. The van der Waals surface area contributed by atoms with Gasteiger partial charge in [0.2, 0.25) is 11.8 Å². The number of rotatable bonds is 7. The summed E-state index contributed by atoms with van der Waals surface area (Å²) in [5.41, 5.74) is 3.36. The molecule has 1 aliphatic rings. The number of H-pyrrole nitrogens is 1. The number of aromatic amines is 1. The zero-order valence-electron chi connectivity index (χ0n) is 14.9. The van der Waals surface area contributed by atoms with Crippen molar-refractivity contribution in [3.8, 4) is 0 Å². The van der Waals surface area contributed by atoms with Crippen LogP contribution < -0.4 is 5.32 Å². The van der Waals surface area contributed by atoms with Crippen molar-refractivity contribution < 1.29 is 14.3 Å². The predicted octanol–water partition coefficient (Wildman–Crippen LogP) is 0.960. The Kier molecular flexibility index (Phi) is 6.78. The van der Waals surface area contributed by atoms with Crippen molar-refractivity contribution in [1.82, 2.24) is 20.4 Å². The summed E-state index contributed by atoms with van der Waals surface area (Å²) < 4.78 is 4.89. The van der Waals surface area contributed by atoms with Crippen LogP contribution >= 0.6 is 0 Å². The Hall–Kier alpha value is -1.89. The third-order valence-corrected chi connectivity index (χ3v) is 4.60. The van der Waals surface area contributed by atoms with E-state index >= 15 is 0 Å². The lowest BCUT2D eigenvalue weighted by Gasteiger charge is -2.31. The van der Waals surface area contributed by atoms with E-state index < -0.39 is 0 Å². The molecule has 1 aromatic rings. The van der Waals surface area contributed by atoms with Gasteiger partial charge in [0.25, 0.3) is 0 Å². The molecule has 1 atom stereocenters. The van der Waals surface area contributed by atoms with Gasteiger partial charge in [-0.25, -0.2) is 0 Å². The third-order valence-electron chi connectivity index (χ3n) is 4.60. The van der Waals surface area contributed by atoms with Crippen molar-refractivity contribution in [1.29, 1.82) is 0 Å². The van der Waals surface area contributed by atoms with Crippen molar-refractivity contribution in [2.24, 2.45) is 5.92 Å². The average molecular weight is 336 g/mol. The minimum absolute atomic E-state index is 0.0408. The summed E-state index contributed by atoms with van der Waals surface area (Å²) in [4.78, 5) is 25.9. The molecule has 1 fully saturated rings. The number of likely N-dealkylation sites (tertiary alicyclic amines) is 1. The molecule has 0 radical (unpaired) electrons. The normalized spacial score (nSPS) is 17.8. The van der Waals surface area contributed by atoms with Gasteiger partial charge in [-0.05, 0) is 45.1 Å². The third kappa shape index (κ3) is 4.80. The van der Waals surface area contributed by atoms with Gasteiger partial charge in [-0.3, -0.25) is 14.7 Å².